The molecule has 1 saturated heterocycles. The van der Waals surface area contributed by atoms with Crippen LogP contribution in [-0.2, 0) is 47.0 Å². The van der Waals surface area contributed by atoms with Crippen LogP contribution in [0, 0.1) is 5.92 Å². The topological polar surface area (TPSA) is 181 Å². The van der Waals surface area contributed by atoms with Crippen LogP contribution in [0.1, 0.15) is 76.5 Å². The van der Waals surface area contributed by atoms with E-state index in [4.69, 9.17) is 9.47 Å². The van der Waals surface area contributed by atoms with Gasteiger partial charge in [0.2, 0.25) is 21.8 Å². The number of hydrogen-bond acceptors (Lipinski definition) is 10. The number of thioether (sulfide) groups is 1. The first-order valence-corrected chi connectivity index (χ1v) is 20.4. The highest BCUT2D eigenvalue weighted by molar-refractivity contribution is 7.99. The van der Waals surface area contributed by atoms with Crippen molar-refractivity contribution in [3.8, 4) is 0 Å². The van der Waals surface area contributed by atoms with Gasteiger partial charge < -0.3 is 25.0 Å². The number of rotatable bonds is 9. The molecule has 2 fully saturated rings. The number of alkyl carbamates (subject to hydrolysis) is 1. The lowest BCUT2D eigenvalue weighted by molar-refractivity contribution is -0.141. The summed E-state index contributed by atoms with van der Waals surface area (Å²) in [4.78, 5) is 71.4. The normalized spacial score (nSPS) is 25.4. The summed E-state index contributed by atoms with van der Waals surface area (Å²) in [5.41, 5.74) is 2.05. The molecule has 3 aliphatic heterocycles. The van der Waals surface area contributed by atoms with Gasteiger partial charge in [-0.1, -0.05) is 50.3 Å². The summed E-state index contributed by atoms with van der Waals surface area (Å²) in [6, 6.07) is 2.15. The molecule has 4 bridgehead atoms. The van der Waals surface area contributed by atoms with Gasteiger partial charge in [-0.25, -0.2) is 18.0 Å². The summed E-state index contributed by atoms with van der Waals surface area (Å²) in [5, 5.41) is 3.96. The first-order chi connectivity index (χ1) is 24.5. The molecule has 1 saturated carbocycles. The molecule has 0 spiro atoms. The van der Waals surface area contributed by atoms with Gasteiger partial charge in [-0.05, 0) is 68.4 Å². The molecule has 16 heteroatoms. The number of benzene rings is 1. The number of nitrogens with one attached hydrogen (secondary N) is 3. The van der Waals surface area contributed by atoms with Crippen LogP contribution in [0.5, 0.6) is 0 Å². The van der Waals surface area contributed by atoms with E-state index in [9.17, 15) is 32.4 Å². The minimum atomic E-state index is -3.94. The van der Waals surface area contributed by atoms with Crippen molar-refractivity contribution in [2.45, 2.75) is 113 Å². The molecule has 52 heavy (non-hydrogen) atoms. The molecular weight excluding hydrogens is 711 g/mol. The third-order valence-electron chi connectivity index (χ3n) is 9.80. The lowest BCUT2D eigenvalue weighted by Gasteiger charge is -2.32. The zero-order valence-corrected chi connectivity index (χ0v) is 31.9. The fourth-order valence-electron chi connectivity index (χ4n) is 6.70. The highest BCUT2D eigenvalue weighted by Gasteiger charge is 2.47. The average Bonchev–Trinajstić information content (AvgIpc) is 3.72. The summed E-state index contributed by atoms with van der Waals surface area (Å²) >= 11 is 1.19. The van der Waals surface area contributed by atoms with Gasteiger partial charge >= 0.3 is 12.2 Å². The predicted molar refractivity (Wildman–Crippen MR) is 196 cm³/mol. The Balaban J connectivity index is 1.45. The summed E-state index contributed by atoms with van der Waals surface area (Å²) in [6.07, 6.45) is 6.66. The monoisotopic (exact) mass is 759 g/mol. The molecule has 5 atom stereocenters. The fraction of sp³-hybridized carbons (Fsp3) is 0.583. The van der Waals surface area contributed by atoms with Crippen LogP contribution in [0.3, 0.4) is 0 Å². The van der Waals surface area contributed by atoms with Crippen LogP contribution in [-0.4, -0.2) is 101 Å². The molecule has 3 heterocycles. The predicted octanol–water partition coefficient (Wildman–Crippen LogP) is 3.46. The highest BCUT2D eigenvalue weighted by atomic mass is 32.2. The van der Waals surface area contributed by atoms with E-state index < -0.39 is 86.2 Å². The number of allylic oxidation sites excluding steroid dienone is 1. The number of carbonyl (C=O) groups excluding carboxylic acids is 5. The van der Waals surface area contributed by atoms with E-state index in [2.05, 4.69) is 21.9 Å². The lowest BCUT2D eigenvalue weighted by Crippen LogP contribution is -2.59. The molecule has 5 rings (SSSR count). The summed E-state index contributed by atoms with van der Waals surface area (Å²) in [7, 11) is -3.94. The fourth-order valence-corrected chi connectivity index (χ4v) is 8.68. The van der Waals surface area contributed by atoms with Gasteiger partial charge in [-0.15, -0.1) is 6.58 Å². The molecular formula is C36H49N5O9S2. The van der Waals surface area contributed by atoms with Crippen molar-refractivity contribution in [2.75, 3.05) is 12.8 Å². The first-order valence-electron chi connectivity index (χ1n) is 17.6. The van der Waals surface area contributed by atoms with Crippen molar-refractivity contribution in [2.24, 2.45) is 5.92 Å². The SMILES string of the molecule is C=C[C@H](SC)C(NC(=O)[C@@H]1C[C@@H]2CN1C(=O)[C@H](C(C)C)NC(=O)OC(C)(C)CC/C=C/c1cccc3c1CN(C3)C(=O)O2)C(=O)NS(=O)(=O)C1CC1. The van der Waals surface area contributed by atoms with E-state index in [0.29, 0.717) is 38.8 Å². The second-order valence-electron chi connectivity index (χ2n) is 14.7. The number of ether oxygens (including phenoxy) is 2. The Morgan fingerprint density at radius 1 is 1.15 bits per heavy atom. The van der Waals surface area contributed by atoms with Crippen LogP contribution in [0.15, 0.2) is 36.9 Å². The quantitative estimate of drug-likeness (QED) is 0.316. The average molecular weight is 760 g/mol. The van der Waals surface area contributed by atoms with Gasteiger partial charge in [0.1, 0.15) is 29.8 Å². The summed E-state index contributed by atoms with van der Waals surface area (Å²) in [5.74, 6) is -2.73. The second kappa shape index (κ2) is 15.9. The summed E-state index contributed by atoms with van der Waals surface area (Å²) in [6.45, 7) is 11.3. The lowest BCUT2D eigenvalue weighted by atomic mass is 10.00. The van der Waals surface area contributed by atoms with Gasteiger partial charge in [-0.3, -0.25) is 24.0 Å². The first kappa shape index (κ1) is 39.2. The van der Waals surface area contributed by atoms with E-state index in [1.165, 1.54) is 22.7 Å². The Kier molecular flexibility index (Phi) is 12.0. The molecule has 14 nitrogen and oxygen atoms in total. The van der Waals surface area contributed by atoms with Crippen molar-refractivity contribution < 1.29 is 41.9 Å². The standard InChI is InChI=1S/C36H49N5O9S2/c1-7-28(51-6)30(32(43)39-52(47,48)25-14-15-25)37-31(42)27-17-24-19-41(27)33(44)29(21(2)3)38-34(45)50-36(4,5)16-9-8-11-22-12-10-13-23-18-40(20-26(22)23)35(46)49-24/h7-8,10-13,21,24-25,27-30H,1,9,14-20H2,2-6H3,(H,37,42)(H,38,45)(H,39,43)/b11-8+/t24-,27+,28+,29+,30?/m1/s1. The van der Waals surface area contributed by atoms with Gasteiger partial charge in [0, 0.05) is 13.0 Å². The second-order valence-corrected chi connectivity index (χ2v) is 17.7. The number of hydrogen-bond donors (Lipinski definition) is 3. The van der Waals surface area contributed by atoms with Crippen molar-refractivity contribution in [1.29, 1.82) is 0 Å². The molecule has 1 aliphatic carbocycles. The zero-order valence-electron chi connectivity index (χ0n) is 30.3. The maximum Gasteiger partial charge on any atom is 0.410 e. The molecule has 1 unspecified atom stereocenters. The molecule has 3 N–H and O–H groups in total. The third kappa shape index (κ3) is 9.11. The number of carbonyl (C=O) groups is 5. The Morgan fingerprint density at radius 2 is 1.88 bits per heavy atom. The van der Waals surface area contributed by atoms with Crippen LogP contribution in [0.25, 0.3) is 6.08 Å². The number of cyclic esters (lactones) is 1. The van der Waals surface area contributed by atoms with E-state index in [1.54, 1.807) is 38.9 Å². The number of fused-ring (bicyclic) bond motifs is 3. The minimum Gasteiger partial charge on any atom is -0.444 e. The molecule has 284 valence electrons. The Labute approximate surface area is 309 Å². The van der Waals surface area contributed by atoms with Crippen LogP contribution in [0.2, 0.25) is 0 Å². The molecule has 1 aromatic rings. The van der Waals surface area contributed by atoms with Crippen molar-refractivity contribution in [3.05, 3.63) is 53.6 Å². The van der Waals surface area contributed by atoms with Crippen molar-refractivity contribution >= 4 is 57.8 Å². The van der Waals surface area contributed by atoms with E-state index in [1.807, 2.05) is 30.4 Å². The van der Waals surface area contributed by atoms with E-state index in [0.717, 1.165) is 16.7 Å². The highest BCUT2D eigenvalue weighted by Crippen LogP contribution is 2.31. The maximum absolute atomic E-state index is 14.3. The molecule has 4 aliphatic rings. The van der Waals surface area contributed by atoms with E-state index in [-0.39, 0.29) is 13.0 Å². The molecule has 0 aromatic heterocycles. The maximum atomic E-state index is 14.3. The van der Waals surface area contributed by atoms with Crippen LogP contribution >= 0.6 is 11.8 Å². The van der Waals surface area contributed by atoms with Gasteiger partial charge in [-0.2, -0.15) is 11.8 Å². The smallest absolute Gasteiger partial charge is 0.410 e. The zero-order chi connectivity index (χ0) is 38.0. The van der Waals surface area contributed by atoms with Gasteiger partial charge in [0.15, 0.2) is 0 Å². The number of amides is 5. The van der Waals surface area contributed by atoms with Gasteiger partial charge in [0.25, 0.3) is 5.91 Å². The van der Waals surface area contributed by atoms with E-state index >= 15 is 0 Å². The van der Waals surface area contributed by atoms with Crippen LogP contribution in [0.4, 0.5) is 9.59 Å². The molecule has 0 radical (unpaired) electrons. The minimum absolute atomic E-state index is 0.104. The van der Waals surface area contributed by atoms with Gasteiger partial charge in [0.05, 0.1) is 23.6 Å². The van der Waals surface area contributed by atoms with Crippen LogP contribution < -0.4 is 15.4 Å². The largest absolute Gasteiger partial charge is 0.444 e. The van der Waals surface area contributed by atoms with Crippen molar-refractivity contribution in [3.63, 3.8) is 0 Å². The molecule has 1 aromatic carbocycles. The Hall–Kier alpha value is -4.05. The number of nitrogens with zero attached hydrogens (tertiary/aromatic N) is 2. The Morgan fingerprint density at radius 3 is 2.54 bits per heavy atom. The number of sulfonamides is 1. The molecule has 5 amide bonds. The van der Waals surface area contributed by atoms with Crippen molar-refractivity contribution in [1.82, 2.24) is 25.2 Å². The third-order valence-corrected chi connectivity index (χ3v) is 12.6. The summed E-state index contributed by atoms with van der Waals surface area (Å²) < 4.78 is 39.1. The Bertz CT molecular complexity index is 1730.